The summed E-state index contributed by atoms with van der Waals surface area (Å²) < 4.78 is 24.2. The lowest BCUT2D eigenvalue weighted by atomic mass is 10.0. The van der Waals surface area contributed by atoms with E-state index < -0.39 is 0 Å². The summed E-state index contributed by atoms with van der Waals surface area (Å²) in [6.45, 7) is 3.88. The number of nitrogens with one attached hydrogen (secondary N) is 1. The maximum Gasteiger partial charge on any atom is 0.248 e. The molecule has 2 heterocycles. The number of aryl methyl sites for hydroxylation is 1. The summed E-state index contributed by atoms with van der Waals surface area (Å²) in [6, 6.07) is 9.87. The van der Waals surface area contributed by atoms with Gasteiger partial charge >= 0.3 is 0 Å². The van der Waals surface area contributed by atoms with Crippen LogP contribution in [0.25, 0.3) is 22.0 Å². The maximum absolute atomic E-state index is 13.3. The molecule has 0 amide bonds. The number of halogens is 1. The van der Waals surface area contributed by atoms with E-state index in [1.165, 1.54) is 18.5 Å². The number of rotatable bonds is 6. The third-order valence-electron chi connectivity index (χ3n) is 4.62. The van der Waals surface area contributed by atoms with Gasteiger partial charge in [0.05, 0.1) is 7.11 Å². The number of nitrogens with zero attached hydrogens (tertiary/aromatic N) is 4. The zero-order valence-corrected chi connectivity index (χ0v) is 16.3. The third-order valence-corrected chi connectivity index (χ3v) is 4.62. The lowest BCUT2D eigenvalue weighted by Crippen LogP contribution is -2.09. The molecule has 1 N–H and O–H groups in total. The monoisotopic (exact) mass is 393 g/mol. The van der Waals surface area contributed by atoms with Crippen molar-refractivity contribution < 1.29 is 13.7 Å². The molecule has 7 nitrogen and oxygen atoms in total. The fraction of sp³-hybridized carbons (Fsp3) is 0.238. The van der Waals surface area contributed by atoms with Crippen LogP contribution in [-0.4, -0.2) is 27.2 Å². The third kappa shape index (κ3) is 3.73. The Morgan fingerprint density at radius 1 is 1.14 bits per heavy atom. The van der Waals surface area contributed by atoms with Gasteiger partial charge in [0.15, 0.2) is 5.82 Å². The second-order valence-electron chi connectivity index (χ2n) is 6.57. The first-order chi connectivity index (χ1) is 14.1. The molecule has 2 aromatic carbocycles. The van der Waals surface area contributed by atoms with E-state index in [0.717, 1.165) is 16.5 Å². The number of methoxy groups -OCH3 is 1. The molecule has 1 atom stereocenters. The topological polar surface area (TPSA) is 86.0 Å². The normalized spacial score (nSPS) is 12.1. The van der Waals surface area contributed by atoms with Crippen LogP contribution >= 0.6 is 0 Å². The molecule has 2 aromatic heterocycles. The number of fused-ring (bicyclic) bond motifs is 1. The minimum Gasteiger partial charge on any atom is -0.494 e. The second-order valence-corrected chi connectivity index (χ2v) is 6.57. The van der Waals surface area contributed by atoms with Gasteiger partial charge in [-0.05, 0) is 42.3 Å². The summed E-state index contributed by atoms with van der Waals surface area (Å²) in [6.07, 6.45) is 2.17. The molecule has 0 spiro atoms. The fourth-order valence-corrected chi connectivity index (χ4v) is 3.07. The summed E-state index contributed by atoms with van der Waals surface area (Å²) in [5.74, 6) is 2.07. The zero-order valence-electron chi connectivity index (χ0n) is 16.3. The van der Waals surface area contributed by atoms with Gasteiger partial charge in [0, 0.05) is 11.8 Å². The first-order valence-electron chi connectivity index (χ1n) is 9.26. The van der Waals surface area contributed by atoms with Gasteiger partial charge in [0.25, 0.3) is 0 Å². The minimum absolute atomic E-state index is 0.249. The quantitative estimate of drug-likeness (QED) is 0.514. The summed E-state index contributed by atoms with van der Waals surface area (Å²) in [4.78, 5) is 13.1. The average molecular weight is 393 g/mol. The van der Waals surface area contributed by atoms with Gasteiger partial charge in [-0.25, -0.2) is 14.4 Å². The molecule has 0 bridgehead atoms. The Labute approximate surface area is 167 Å². The Hall–Kier alpha value is -3.55. The van der Waals surface area contributed by atoms with E-state index in [9.17, 15) is 4.39 Å². The highest BCUT2D eigenvalue weighted by Gasteiger charge is 2.17. The van der Waals surface area contributed by atoms with Crippen LogP contribution in [0.2, 0.25) is 0 Å². The molecule has 0 fully saturated rings. The highest BCUT2D eigenvalue weighted by Crippen LogP contribution is 2.34. The molecule has 29 heavy (non-hydrogen) atoms. The van der Waals surface area contributed by atoms with Crippen molar-refractivity contribution >= 4 is 16.7 Å². The van der Waals surface area contributed by atoms with Crippen molar-refractivity contribution in [2.24, 2.45) is 0 Å². The number of anilines is 1. The van der Waals surface area contributed by atoms with Crippen LogP contribution in [0.15, 0.2) is 47.2 Å². The molecule has 4 aromatic rings. The number of aromatic nitrogens is 4. The fourth-order valence-electron chi connectivity index (χ4n) is 3.07. The highest BCUT2D eigenvalue weighted by atomic mass is 19.1. The molecular weight excluding hydrogens is 373 g/mol. The Kier molecular flexibility index (Phi) is 5.07. The van der Waals surface area contributed by atoms with Crippen LogP contribution in [0.5, 0.6) is 5.75 Å². The van der Waals surface area contributed by atoms with Crippen molar-refractivity contribution in [3.05, 3.63) is 60.3 Å². The van der Waals surface area contributed by atoms with Crippen LogP contribution in [0.3, 0.4) is 0 Å². The Morgan fingerprint density at radius 2 is 1.93 bits per heavy atom. The van der Waals surface area contributed by atoms with E-state index in [1.54, 1.807) is 19.2 Å². The average Bonchev–Trinajstić information content (AvgIpc) is 3.23. The van der Waals surface area contributed by atoms with Crippen LogP contribution in [-0.2, 0) is 6.42 Å². The lowest BCUT2D eigenvalue weighted by molar-refractivity contribution is 0.363. The van der Waals surface area contributed by atoms with Crippen LogP contribution in [0.1, 0.15) is 31.6 Å². The zero-order chi connectivity index (χ0) is 20.4. The van der Waals surface area contributed by atoms with Crippen molar-refractivity contribution in [1.82, 2.24) is 20.1 Å². The molecule has 0 saturated carbocycles. The Morgan fingerprint density at radius 3 is 2.62 bits per heavy atom. The van der Waals surface area contributed by atoms with Gasteiger partial charge in [0.2, 0.25) is 5.89 Å². The van der Waals surface area contributed by atoms with E-state index in [0.29, 0.717) is 35.2 Å². The molecular formula is C21H20FN5O2. The molecule has 0 radical (unpaired) electrons. The predicted molar refractivity (Wildman–Crippen MR) is 107 cm³/mol. The van der Waals surface area contributed by atoms with Crippen LogP contribution < -0.4 is 10.1 Å². The summed E-state index contributed by atoms with van der Waals surface area (Å²) in [5.41, 5.74) is 2.40. The van der Waals surface area contributed by atoms with Crippen molar-refractivity contribution in [2.45, 2.75) is 26.3 Å². The Balaban J connectivity index is 1.77. The minimum atomic E-state index is -0.285. The van der Waals surface area contributed by atoms with Gasteiger partial charge in [-0.3, -0.25) is 0 Å². The molecule has 0 saturated heterocycles. The number of hydrogen-bond donors (Lipinski definition) is 1. The van der Waals surface area contributed by atoms with Crippen molar-refractivity contribution in [3.63, 3.8) is 0 Å². The molecule has 0 aliphatic carbocycles. The molecule has 8 heteroatoms. The van der Waals surface area contributed by atoms with Crippen molar-refractivity contribution in [3.8, 4) is 16.9 Å². The molecule has 148 valence electrons. The Bertz CT molecular complexity index is 1140. The van der Waals surface area contributed by atoms with Gasteiger partial charge in [-0.2, -0.15) is 4.98 Å². The van der Waals surface area contributed by atoms with Gasteiger partial charge in [-0.1, -0.05) is 24.2 Å². The standard InChI is InChI=1S/C21H20FN5O2/c1-4-18-26-21(29-27-18)12(2)25-20-16-9-14(13-5-7-15(22)8-6-13)10-17(28-3)19(16)23-11-24-20/h5-12H,4H2,1-3H3,(H,23,24,25). The maximum atomic E-state index is 13.3. The van der Waals surface area contributed by atoms with E-state index in [2.05, 4.69) is 25.4 Å². The predicted octanol–water partition coefficient (Wildman–Crippen LogP) is 4.56. The highest BCUT2D eigenvalue weighted by molar-refractivity contribution is 5.96. The van der Waals surface area contributed by atoms with E-state index in [-0.39, 0.29) is 11.9 Å². The molecule has 1 unspecified atom stereocenters. The second kappa shape index (κ2) is 7.83. The molecule has 0 aliphatic heterocycles. The lowest BCUT2D eigenvalue weighted by Gasteiger charge is -2.15. The van der Waals surface area contributed by atoms with E-state index in [4.69, 9.17) is 9.26 Å². The molecule has 0 aliphatic rings. The SMILES string of the molecule is CCc1noc(C(C)Nc2ncnc3c(OC)cc(-c4ccc(F)cc4)cc23)n1. The van der Waals surface area contributed by atoms with Crippen LogP contribution in [0.4, 0.5) is 10.2 Å². The van der Waals surface area contributed by atoms with Crippen LogP contribution in [0, 0.1) is 5.82 Å². The van der Waals surface area contributed by atoms with Crippen molar-refractivity contribution in [2.75, 3.05) is 12.4 Å². The number of ether oxygens (including phenoxy) is 1. The summed E-state index contributed by atoms with van der Waals surface area (Å²) in [5, 5.41) is 8.02. The van der Waals surface area contributed by atoms with Gasteiger partial charge < -0.3 is 14.6 Å². The van der Waals surface area contributed by atoms with E-state index >= 15 is 0 Å². The summed E-state index contributed by atoms with van der Waals surface area (Å²) in [7, 11) is 1.59. The number of hydrogen-bond acceptors (Lipinski definition) is 7. The molecule has 4 rings (SSSR count). The number of benzene rings is 2. The smallest absolute Gasteiger partial charge is 0.248 e. The largest absolute Gasteiger partial charge is 0.494 e. The first kappa shape index (κ1) is 18.8. The van der Waals surface area contributed by atoms with Gasteiger partial charge in [-0.15, -0.1) is 0 Å². The summed E-state index contributed by atoms with van der Waals surface area (Å²) >= 11 is 0. The van der Waals surface area contributed by atoms with Gasteiger partial charge in [0.1, 0.15) is 35.3 Å². The van der Waals surface area contributed by atoms with E-state index in [1.807, 2.05) is 26.0 Å². The first-order valence-corrected chi connectivity index (χ1v) is 9.26. The van der Waals surface area contributed by atoms with Crippen molar-refractivity contribution in [1.29, 1.82) is 0 Å².